The highest BCUT2D eigenvalue weighted by atomic mass is 32.2. The first-order valence-electron chi connectivity index (χ1n) is 5.98. The Morgan fingerprint density at radius 1 is 1.05 bits per heavy atom. The van der Waals surface area contributed by atoms with E-state index in [2.05, 4.69) is 0 Å². The number of aromatic hydroxyl groups is 1. The molecule has 2 rings (SSSR count). The molecule has 2 aromatic carbocycles. The first kappa shape index (κ1) is 14.2. The van der Waals surface area contributed by atoms with Crippen LogP contribution in [0.5, 0.6) is 5.75 Å². The van der Waals surface area contributed by atoms with E-state index in [0.29, 0.717) is 0 Å². The van der Waals surface area contributed by atoms with Gasteiger partial charge in [0.15, 0.2) is 0 Å². The van der Waals surface area contributed by atoms with E-state index >= 15 is 0 Å². The minimum atomic E-state index is -1.14. The van der Waals surface area contributed by atoms with Crippen LogP contribution >= 0.6 is 11.8 Å². The Kier molecular flexibility index (Phi) is 4.48. The van der Waals surface area contributed by atoms with Crippen LogP contribution in [0, 0.1) is 0 Å². The topological polar surface area (TPSA) is 57.5 Å². The predicted molar refractivity (Wildman–Crippen MR) is 82.2 cm³/mol. The number of carboxylic acid groups (broad SMARTS) is 1. The molecule has 0 saturated carbocycles. The van der Waals surface area contributed by atoms with Gasteiger partial charge in [0.2, 0.25) is 0 Å². The van der Waals surface area contributed by atoms with E-state index in [1.54, 1.807) is 17.8 Å². The lowest BCUT2D eigenvalue weighted by molar-refractivity contribution is 0.0693. The summed E-state index contributed by atoms with van der Waals surface area (Å²) in [5.41, 5.74) is 1.67. The van der Waals surface area contributed by atoms with Crippen molar-refractivity contribution in [2.45, 2.75) is 4.90 Å². The number of thioether (sulfide) groups is 1. The average molecular weight is 286 g/mol. The number of carboxylic acids is 1. The number of benzene rings is 2. The van der Waals surface area contributed by atoms with Gasteiger partial charge in [-0.1, -0.05) is 30.4 Å². The molecule has 0 bridgehead atoms. The first-order chi connectivity index (χ1) is 9.60. The lowest BCUT2D eigenvalue weighted by Crippen LogP contribution is -1.96. The molecule has 0 radical (unpaired) electrons. The number of aromatic carboxylic acids is 1. The quantitative estimate of drug-likeness (QED) is 0.659. The lowest BCUT2D eigenvalue weighted by atomic mass is 10.1. The van der Waals surface area contributed by atoms with E-state index in [-0.39, 0.29) is 11.3 Å². The summed E-state index contributed by atoms with van der Waals surface area (Å²) < 4.78 is 0. The summed E-state index contributed by atoms with van der Waals surface area (Å²) in [6, 6.07) is 12.6. The summed E-state index contributed by atoms with van der Waals surface area (Å²) in [4.78, 5) is 12.1. The monoisotopic (exact) mass is 286 g/mol. The van der Waals surface area contributed by atoms with Crippen LogP contribution < -0.4 is 0 Å². The van der Waals surface area contributed by atoms with E-state index in [1.165, 1.54) is 17.0 Å². The van der Waals surface area contributed by atoms with Gasteiger partial charge in [-0.2, -0.15) is 0 Å². The van der Waals surface area contributed by atoms with E-state index in [4.69, 9.17) is 5.11 Å². The number of hydrogen-bond acceptors (Lipinski definition) is 3. The van der Waals surface area contributed by atoms with Gasteiger partial charge in [-0.15, -0.1) is 11.8 Å². The highest BCUT2D eigenvalue weighted by Gasteiger charge is 2.08. The Balaban J connectivity index is 2.22. The minimum absolute atomic E-state index is 0.0927. The normalized spacial score (nSPS) is 10.8. The standard InChI is InChI=1S/C16H14O3S/c1-20-13-7-4-11(5-8-13)2-3-12-6-9-15(17)14(10-12)16(18)19/h2-10,17H,1H3,(H,18,19)/b3-2+. The zero-order valence-electron chi connectivity index (χ0n) is 10.9. The van der Waals surface area contributed by atoms with Crippen molar-refractivity contribution >= 4 is 29.9 Å². The molecule has 0 aliphatic rings. The molecule has 0 amide bonds. The largest absolute Gasteiger partial charge is 0.507 e. The second-order valence-corrected chi connectivity index (χ2v) is 5.07. The van der Waals surface area contributed by atoms with Gasteiger partial charge >= 0.3 is 5.97 Å². The molecule has 3 nitrogen and oxygen atoms in total. The predicted octanol–water partition coefficient (Wildman–Crippen LogP) is 3.98. The highest BCUT2D eigenvalue weighted by molar-refractivity contribution is 7.98. The Bertz CT molecular complexity index is 645. The van der Waals surface area contributed by atoms with Crippen molar-refractivity contribution in [1.82, 2.24) is 0 Å². The van der Waals surface area contributed by atoms with E-state index < -0.39 is 5.97 Å². The molecule has 0 unspecified atom stereocenters. The van der Waals surface area contributed by atoms with Crippen molar-refractivity contribution in [3.8, 4) is 5.75 Å². The Labute approximate surface area is 121 Å². The van der Waals surface area contributed by atoms with Crippen LogP contribution in [0.2, 0.25) is 0 Å². The fraction of sp³-hybridized carbons (Fsp3) is 0.0625. The van der Waals surface area contributed by atoms with Crippen LogP contribution in [0.4, 0.5) is 0 Å². The van der Waals surface area contributed by atoms with Crippen LogP contribution in [-0.2, 0) is 0 Å². The Hall–Kier alpha value is -2.20. The molecule has 102 valence electrons. The molecule has 0 fully saturated rings. The molecule has 0 aromatic heterocycles. The van der Waals surface area contributed by atoms with Crippen molar-refractivity contribution in [2.24, 2.45) is 0 Å². The molecule has 2 aromatic rings. The number of carbonyl (C=O) groups is 1. The van der Waals surface area contributed by atoms with Crippen molar-refractivity contribution in [3.05, 3.63) is 59.2 Å². The molecule has 4 heteroatoms. The third kappa shape index (κ3) is 3.42. The molecule has 0 aliphatic heterocycles. The van der Waals surface area contributed by atoms with Crippen molar-refractivity contribution in [2.75, 3.05) is 6.26 Å². The maximum absolute atomic E-state index is 10.9. The second-order valence-electron chi connectivity index (χ2n) is 4.19. The zero-order chi connectivity index (χ0) is 14.5. The van der Waals surface area contributed by atoms with Crippen molar-refractivity contribution in [3.63, 3.8) is 0 Å². The van der Waals surface area contributed by atoms with Gasteiger partial charge in [0, 0.05) is 4.90 Å². The second kappa shape index (κ2) is 6.30. The van der Waals surface area contributed by atoms with Gasteiger partial charge in [-0.05, 0) is 41.6 Å². The molecule has 0 spiro atoms. The molecule has 0 saturated heterocycles. The third-order valence-electron chi connectivity index (χ3n) is 2.84. The fourth-order valence-corrected chi connectivity index (χ4v) is 2.14. The summed E-state index contributed by atoms with van der Waals surface area (Å²) in [6.07, 6.45) is 5.75. The minimum Gasteiger partial charge on any atom is -0.507 e. The van der Waals surface area contributed by atoms with E-state index in [0.717, 1.165) is 11.1 Å². The van der Waals surface area contributed by atoms with Crippen molar-refractivity contribution in [1.29, 1.82) is 0 Å². The third-order valence-corrected chi connectivity index (χ3v) is 3.58. The number of hydrogen-bond donors (Lipinski definition) is 2. The number of phenols is 1. The van der Waals surface area contributed by atoms with Gasteiger partial charge < -0.3 is 10.2 Å². The zero-order valence-corrected chi connectivity index (χ0v) is 11.7. The molecule has 2 N–H and O–H groups in total. The molecule has 0 aliphatic carbocycles. The SMILES string of the molecule is CSc1ccc(/C=C/c2ccc(O)c(C(=O)O)c2)cc1. The van der Waals surface area contributed by atoms with Crippen molar-refractivity contribution < 1.29 is 15.0 Å². The molecule has 20 heavy (non-hydrogen) atoms. The molecule has 0 heterocycles. The molecular formula is C16H14O3S. The van der Waals surface area contributed by atoms with Crippen LogP contribution in [0.1, 0.15) is 21.5 Å². The summed E-state index contributed by atoms with van der Waals surface area (Å²) in [6.45, 7) is 0. The van der Waals surface area contributed by atoms with Gasteiger partial charge in [0.25, 0.3) is 0 Å². The number of rotatable bonds is 4. The van der Waals surface area contributed by atoms with Gasteiger partial charge in [0.1, 0.15) is 11.3 Å². The molecular weight excluding hydrogens is 272 g/mol. The fourth-order valence-electron chi connectivity index (χ4n) is 1.74. The summed E-state index contributed by atoms with van der Waals surface area (Å²) in [7, 11) is 0. The smallest absolute Gasteiger partial charge is 0.339 e. The summed E-state index contributed by atoms with van der Waals surface area (Å²) in [5, 5.41) is 18.4. The van der Waals surface area contributed by atoms with Gasteiger partial charge in [0.05, 0.1) is 0 Å². The molecule has 0 atom stereocenters. The lowest BCUT2D eigenvalue weighted by Gasteiger charge is -2.01. The Morgan fingerprint density at radius 3 is 2.25 bits per heavy atom. The highest BCUT2D eigenvalue weighted by Crippen LogP contribution is 2.20. The van der Waals surface area contributed by atoms with Gasteiger partial charge in [-0.25, -0.2) is 4.79 Å². The average Bonchev–Trinajstić information content (AvgIpc) is 2.46. The summed E-state index contributed by atoms with van der Waals surface area (Å²) in [5.74, 6) is -1.36. The van der Waals surface area contributed by atoms with Crippen LogP contribution in [0.25, 0.3) is 12.2 Å². The van der Waals surface area contributed by atoms with Crippen LogP contribution in [0.3, 0.4) is 0 Å². The van der Waals surface area contributed by atoms with E-state index in [9.17, 15) is 9.90 Å². The van der Waals surface area contributed by atoms with Crippen LogP contribution in [-0.4, -0.2) is 22.4 Å². The summed E-state index contributed by atoms with van der Waals surface area (Å²) >= 11 is 1.68. The maximum atomic E-state index is 10.9. The first-order valence-corrected chi connectivity index (χ1v) is 7.21. The van der Waals surface area contributed by atoms with Crippen LogP contribution in [0.15, 0.2) is 47.4 Å². The maximum Gasteiger partial charge on any atom is 0.339 e. The van der Waals surface area contributed by atoms with Gasteiger partial charge in [-0.3, -0.25) is 0 Å². The Morgan fingerprint density at radius 2 is 1.65 bits per heavy atom. The van der Waals surface area contributed by atoms with E-state index in [1.807, 2.05) is 42.7 Å².